The number of benzene rings is 1. The van der Waals surface area contributed by atoms with Crippen molar-refractivity contribution >= 4 is 0 Å². The highest BCUT2D eigenvalue weighted by Crippen LogP contribution is 2.16. The number of ether oxygens (including phenoxy) is 1. The van der Waals surface area contributed by atoms with Crippen LogP contribution in [0.4, 0.5) is 0 Å². The lowest BCUT2D eigenvalue weighted by Crippen LogP contribution is -2.55. The van der Waals surface area contributed by atoms with Gasteiger partial charge < -0.3 is 15.2 Å². The number of nitrogens with one attached hydrogen (secondary N) is 1. The van der Waals surface area contributed by atoms with Gasteiger partial charge in [-0.25, -0.2) is 0 Å². The van der Waals surface area contributed by atoms with Crippen molar-refractivity contribution in [1.29, 1.82) is 0 Å². The molecule has 0 aliphatic carbocycles. The van der Waals surface area contributed by atoms with Gasteiger partial charge in [-0.1, -0.05) is 12.1 Å². The highest BCUT2D eigenvalue weighted by molar-refractivity contribution is 5.26. The smallest absolute Gasteiger partial charge is 0.115 e. The summed E-state index contributed by atoms with van der Waals surface area (Å²) in [5, 5.41) is 13.0. The Balaban J connectivity index is 1.79. The van der Waals surface area contributed by atoms with E-state index >= 15 is 0 Å². The molecule has 0 aromatic heterocycles. The van der Waals surface area contributed by atoms with Gasteiger partial charge in [0, 0.05) is 31.2 Å². The first-order valence-electron chi connectivity index (χ1n) is 7.81. The van der Waals surface area contributed by atoms with Crippen molar-refractivity contribution in [2.45, 2.75) is 38.8 Å². The molecule has 0 bridgehead atoms. The molecule has 2 N–H and O–H groups in total. The van der Waals surface area contributed by atoms with Crippen molar-refractivity contribution in [2.24, 2.45) is 0 Å². The summed E-state index contributed by atoms with van der Waals surface area (Å²) in [4.78, 5) is 2.50. The molecule has 0 saturated carbocycles. The minimum Gasteiger partial charge on any atom is -0.508 e. The van der Waals surface area contributed by atoms with Crippen LogP contribution in [0.3, 0.4) is 0 Å². The number of hydrogen-bond acceptors (Lipinski definition) is 4. The van der Waals surface area contributed by atoms with E-state index in [1.165, 1.54) is 5.56 Å². The first-order valence-corrected chi connectivity index (χ1v) is 7.81. The molecule has 1 aliphatic rings. The van der Waals surface area contributed by atoms with Gasteiger partial charge in [0.15, 0.2) is 0 Å². The fraction of sp³-hybridized carbons (Fsp3) is 0.647. The van der Waals surface area contributed by atoms with Crippen molar-refractivity contribution in [3.05, 3.63) is 29.8 Å². The molecule has 0 radical (unpaired) electrons. The van der Waals surface area contributed by atoms with Crippen LogP contribution in [0.25, 0.3) is 0 Å². The number of phenolic OH excluding ortho intramolecular Hbond substituents is 1. The predicted molar refractivity (Wildman–Crippen MR) is 85.7 cm³/mol. The van der Waals surface area contributed by atoms with Crippen LogP contribution in [0.15, 0.2) is 24.3 Å². The second-order valence-corrected chi connectivity index (χ2v) is 6.56. The van der Waals surface area contributed by atoms with Gasteiger partial charge >= 0.3 is 0 Å². The lowest BCUT2D eigenvalue weighted by atomic mass is 10.0. The van der Waals surface area contributed by atoms with Crippen LogP contribution in [0.5, 0.6) is 5.75 Å². The Labute approximate surface area is 128 Å². The summed E-state index contributed by atoms with van der Waals surface area (Å²) < 4.78 is 5.43. The van der Waals surface area contributed by atoms with E-state index in [0.29, 0.717) is 11.8 Å². The molecule has 1 aromatic rings. The maximum Gasteiger partial charge on any atom is 0.115 e. The molecule has 2 rings (SSSR count). The van der Waals surface area contributed by atoms with E-state index in [4.69, 9.17) is 4.74 Å². The van der Waals surface area contributed by atoms with Crippen LogP contribution in [0.1, 0.15) is 26.3 Å². The normalized spacial score (nSPS) is 18.6. The highest BCUT2D eigenvalue weighted by Gasteiger charge is 2.28. The van der Waals surface area contributed by atoms with E-state index in [2.05, 4.69) is 31.0 Å². The summed E-state index contributed by atoms with van der Waals surface area (Å²) in [6.45, 7) is 11.5. The first-order chi connectivity index (χ1) is 9.97. The minimum absolute atomic E-state index is 0.146. The Kier molecular flexibility index (Phi) is 5.62. The number of phenols is 1. The number of nitrogens with zero attached hydrogens (tertiary/aromatic N) is 1. The summed E-state index contributed by atoms with van der Waals surface area (Å²) >= 11 is 0. The maximum absolute atomic E-state index is 9.31. The molecule has 0 amide bonds. The molecule has 4 heteroatoms. The predicted octanol–water partition coefficient (Wildman–Crippen LogP) is 2.02. The third-order valence-corrected chi connectivity index (χ3v) is 4.23. The molecule has 0 spiro atoms. The van der Waals surface area contributed by atoms with Gasteiger partial charge in [-0.05, 0) is 44.9 Å². The van der Waals surface area contributed by atoms with Crippen molar-refractivity contribution in [1.82, 2.24) is 10.2 Å². The average molecular weight is 292 g/mol. The van der Waals surface area contributed by atoms with Crippen molar-refractivity contribution < 1.29 is 9.84 Å². The third-order valence-electron chi connectivity index (χ3n) is 4.23. The molecule has 1 unspecified atom stereocenters. The van der Waals surface area contributed by atoms with Gasteiger partial charge in [0.1, 0.15) is 5.75 Å². The Morgan fingerprint density at radius 1 is 1.24 bits per heavy atom. The molecule has 4 nitrogen and oxygen atoms in total. The minimum atomic E-state index is 0.146. The molecule has 1 heterocycles. The molecule has 1 fully saturated rings. The van der Waals surface area contributed by atoms with Gasteiger partial charge in [-0.3, -0.25) is 4.90 Å². The molecule has 21 heavy (non-hydrogen) atoms. The second kappa shape index (κ2) is 7.25. The van der Waals surface area contributed by atoms with Crippen molar-refractivity contribution in [3.8, 4) is 5.75 Å². The lowest BCUT2D eigenvalue weighted by Gasteiger charge is -2.41. The zero-order chi connectivity index (χ0) is 15.3. The Morgan fingerprint density at radius 2 is 1.86 bits per heavy atom. The standard InChI is InChI=1S/C17H28N2O2/c1-14(12-15-4-6-16(20)7-5-15)18-13-17(2,3)19-8-10-21-11-9-19/h4-7,14,18,20H,8-13H2,1-3H3. The molecular weight excluding hydrogens is 264 g/mol. The molecule has 1 aliphatic heterocycles. The molecule has 118 valence electrons. The zero-order valence-electron chi connectivity index (χ0n) is 13.4. The zero-order valence-corrected chi connectivity index (χ0v) is 13.4. The topological polar surface area (TPSA) is 44.7 Å². The summed E-state index contributed by atoms with van der Waals surface area (Å²) in [7, 11) is 0. The lowest BCUT2D eigenvalue weighted by molar-refractivity contribution is -0.0102. The van der Waals surface area contributed by atoms with E-state index in [1.54, 1.807) is 12.1 Å². The van der Waals surface area contributed by atoms with Gasteiger partial charge in [0.2, 0.25) is 0 Å². The fourth-order valence-corrected chi connectivity index (χ4v) is 2.76. The van der Waals surface area contributed by atoms with Gasteiger partial charge in [-0.2, -0.15) is 0 Å². The van der Waals surface area contributed by atoms with Crippen LogP contribution < -0.4 is 5.32 Å². The van der Waals surface area contributed by atoms with Crippen molar-refractivity contribution in [3.63, 3.8) is 0 Å². The Morgan fingerprint density at radius 3 is 2.48 bits per heavy atom. The molecule has 1 saturated heterocycles. The van der Waals surface area contributed by atoms with E-state index in [9.17, 15) is 5.11 Å². The first kappa shape index (κ1) is 16.3. The third kappa shape index (κ3) is 4.99. The van der Waals surface area contributed by atoms with Crippen LogP contribution in [0.2, 0.25) is 0 Å². The van der Waals surface area contributed by atoms with E-state index in [1.807, 2.05) is 12.1 Å². The summed E-state index contributed by atoms with van der Waals surface area (Å²) in [5.74, 6) is 0.327. The monoisotopic (exact) mass is 292 g/mol. The van der Waals surface area contributed by atoms with Gasteiger partial charge in [0.25, 0.3) is 0 Å². The largest absolute Gasteiger partial charge is 0.508 e. The van der Waals surface area contributed by atoms with Crippen LogP contribution in [-0.4, -0.2) is 54.4 Å². The summed E-state index contributed by atoms with van der Waals surface area (Å²) in [6, 6.07) is 7.88. The number of rotatable bonds is 6. The van der Waals surface area contributed by atoms with E-state index < -0.39 is 0 Å². The van der Waals surface area contributed by atoms with Crippen molar-refractivity contribution in [2.75, 3.05) is 32.8 Å². The number of aromatic hydroxyl groups is 1. The molecule has 1 aromatic carbocycles. The van der Waals surface area contributed by atoms with E-state index in [-0.39, 0.29) is 5.54 Å². The van der Waals surface area contributed by atoms with Crippen LogP contribution >= 0.6 is 0 Å². The van der Waals surface area contributed by atoms with E-state index in [0.717, 1.165) is 39.3 Å². The summed E-state index contributed by atoms with van der Waals surface area (Å²) in [5.41, 5.74) is 1.39. The fourth-order valence-electron chi connectivity index (χ4n) is 2.76. The Bertz CT molecular complexity index is 425. The van der Waals surface area contributed by atoms with Gasteiger partial charge in [0.05, 0.1) is 13.2 Å². The molecular formula is C17H28N2O2. The maximum atomic E-state index is 9.31. The number of hydrogen-bond donors (Lipinski definition) is 2. The van der Waals surface area contributed by atoms with Gasteiger partial charge in [-0.15, -0.1) is 0 Å². The van der Waals surface area contributed by atoms with Crippen LogP contribution in [0, 0.1) is 0 Å². The molecule has 1 atom stereocenters. The number of morpholine rings is 1. The second-order valence-electron chi connectivity index (χ2n) is 6.56. The quantitative estimate of drug-likeness (QED) is 0.842. The average Bonchev–Trinajstić information content (AvgIpc) is 2.49. The Hall–Kier alpha value is -1.10. The van der Waals surface area contributed by atoms with Crippen LogP contribution in [-0.2, 0) is 11.2 Å². The summed E-state index contributed by atoms with van der Waals surface area (Å²) in [6.07, 6.45) is 0.972. The SMILES string of the molecule is CC(Cc1ccc(O)cc1)NCC(C)(C)N1CCOCC1. The highest BCUT2D eigenvalue weighted by atomic mass is 16.5.